The van der Waals surface area contributed by atoms with Crippen LogP contribution in [0, 0.1) is 5.82 Å². The molecule has 148 valence electrons. The van der Waals surface area contributed by atoms with E-state index in [9.17, 15) is 9.18 Å². The highest BCUT2D eigenvalue weighted by atomic mass is 35.5. The molecule has 0 fully saturated rings. The third-order valence-corrected chi connectivity index (χ3v) is 5.08. The summed E-state index contributed by atoms with van der Waals surface area (Å²) in [5.41, 5.74) is 2.00. The van der Waals surface area contributed by atoms with Crippen molar-refractivity contribution in [3.63, 3.8) is 0 Å². The number of carbonyl (C=O) groups is 1. The number of hydrogen-bond acceptors (Lipinski definition) is 4. The van der Waals surface area contributed by atoms with Crippen LogP contribution in [-0.4, -0.2) is 18.0 Å². The molecule has 28 heavy (non-hydrogen) atoms. The van der Waals surface area contributed by atoms with Crippen molar-refractivity contribution in [3.8, 4) is 17.0 Å². The summed E-state index contributed by atoms with van der Waals surface area (Å²) in [6.45, 7) is 6.04. The molecular weight excluding hydrogens is 399 g/mol. The fraction of sp³-hybridized carbons (Fsp3) is 0.238. The summed E-state index contributed by atoms with van der Waals surface area (Å²) in [5.74, 6) is -0.865. The van der Waals surface area contributed by atoms with Gasteiger partial charge in [0.1, 0.15) is 11.6 Å². The predicted octanol–water partition coefficient (Wildman–Crippen LogP) is 6.45. The highest BCUT2D eigenvalue weighted by molar-refractivity contribution is 7.09. The van der Waals surface area contributed by atoms with Crippen molar-refractivity contribution in [2.75, 3.05) is 12.4 Å². The first-order valence-corrected chi connectivity index (χ1v) is 10.2. The molecule has 4 nitrogen and oxygen atoms in total. The first-order valence-electron chi connectivity index (χ1n) is 8.91. The number of ether oxygens (including phenoxy) is 1. The van der Waals surface area contributed by atoms with Crippen LogP contribution in [0.5, 0.6) is 5.75 Å². The molecule has 1 N–H and O–H groups in total. The molecule has 1 heterocycles. The quantitative estimate of drug-likeness (QED) is 0.515. The van der Waals surface area contributed by atoms with Crippen molar-refractivity contribution in [3.05, 3.63) is 63.2 Å². The molecule has 0 atom stereocenters. The second-order valence-electron chi connectivity index (χ2n) is 5.47. The van der Waals surface area contributed by atoms with Crippen molar-refractivity contribution in [2.45, 2.75) is 27.2 Å². The number of benzene rings is 2. The average molecular weight is 421 g/mol. The van der Waals surface area contributed by atoms with Gasteiger partial charge in [0.15, 0.2) is 0 Å². The normalized spacial score (nSPS) is 10.1. The van der Waals surface area contributed by atoms with E-state index < -0.39 is 11.7 Å². The number of amides is 1. The minimum atomic E-state index is -0.654. The summed E-state index contributed by atoms with van der Waals surface area (Å²) >= 11 is 7.92. The van der Waals surface area contributed by atoms with Gasteiger partial charge in [-0.25, -0.2) is 9.37 Å². The second-order valence-corrected chi connectivity index (χ2v) is 6.82. The largest absolute Gasteiger partial charge is 0.497 e. The van der Waals surface area contributed by atoms with Crippen molar-refractivity contribution < 1.29 is 13.9 Å². The van der Waals surface area contributed by atoms with Crippen LogP contribution in [0.4, 0.5) is 10.1 Å². The minimum absolute atomic E-state index is 0.0712. The third kappa shape index (κ3) is 5.09. The number of thiazole rings is 1. The van der Waals surface area contributed by atoms with Gasteiger partial charge in [0.05, 0.1) is 28.4 Å². The van der Waals surface area contributed by atoms with Crippen LogP contribution in [0.3, 0.4) is 0 Å². The Labute approximate surface area is 173 Å². The Morgan fingerprint density at radius 3 is 2.57 bits per heavy atom. The zero-order valence-corrected chi connectivity index (χ0v) is 17.7. The lowest BCUT2D eigenvalue weighted by atomic mass is 10.1. The van der Waals surface area contributed by atoms with E-state index in [1.165, 1.54) is 25.3 Å². The summed E-state index contributed by atoms with van der Waals surface area (Å²) in [6, 6.07) is 9.20. The number of anilines is 1. The van der Waals surface area contributed by atoms with Crippen molar-refractivity contribution in [1.82, 2.24) is 4.98 Å². The van der Waals surface area contributed by atoms with E-state index in [0.29, 0.717) is 16.5 Å². The van der Waals surface area contributed by atoms with Crippen LogP contribution in [-0.2, 0) is 6.42 Å². The van der Waals surface area contributed by atoms with E-state index in [1.807, 2.05) is 26.2 Å². The molecule has 0 saturated heterocycles. The molecule has 0 unspecified atom stereocenters. The Bertz CT molecular complexity index is 959. The molecule has 1 aromatic heterocycles. The summed E-state index contributed by atoms with van der Waals surface area (Å²) in [5, 5.41) is 6.09. The fourth-order valence-electron chi connectivity index (χ4n) is 2.40. The van der Waals surface area contributed by atoms with Crippen LogP contribution >= 0.6 is 22.9 Å². The van der Waals surface area contributed by atoms with Gasteiger partial charge in [-0.2, -0.15) is 0 Å². The van der Waals surface area contributed by atoms with E-state index in [0.717, 1.165) is 22.7 Å². The number of rotatable bonds is 5. The number of aromatic nitrogens is 1. The number of hydrogen-bond donors (Lipinski definition) is 1. The smallest absolute Gasteiger partial charge is 0.258 e. The van der Waals surface area contributed by atoms with Gasteiger partial charge >= 0.3 is 0 Å². The molecule has 0 saturated carbocycles. The van der Waals surface area contributed by atoms with Gasteiger partial charge in [-0.15, -0.1) is 11.3 Å². The summed E-state index contributed by atoms with van der Waals surface area (Å²) in [4.78, 5) is 16.8. The molecule has 0 spiro atoms. The third-order valence-electron chi connectivity index (χ3n) is 3.78. The number of nitrogens with one attached hydrogen (secondary N) is 1. The van der Waals surface area contributed by atoms with Crippen molar-refractivity contribution in [2.24, 2.45) is 0 Å². The molecule has 7 heteroatoms. The van der Waals surface area contributed by atoms with Crippen LogP contribution < -0.4 is 10.1 Å². The Kier molecular flexibility index (Phi) is 7.96. The average Bonchev–Trinajstić information content (AvgIpc) is 3.18. The van der Waals surface area contributed by atoms with Gasteiger partial charge in [0.25, 0.3) is 5.91 Å². The number of nitrogens with zero attached hydrogens (tertiary/aromatic N) is 1. The van der Waals surface area contributed by atoms with Gasteiger partial charge in [0.2, 0.25) is 0 Å². The predicted molar refractivity (Wildman–Crippen MR) is 114 cm³/mol. The maximum Gasteiger partial charge on any atom is 0.258 e. The highest BCUT2D eigenvalue weighted by Gasteiger charge is 2.14. The lowest BCUT2D eigenvalue weighted by Gasteiger charge is -2.09. The molecular formula is C21H22ClFN2O2S. The van der Waals surface area contributed by atoms with E-state index >= 15 is 0 Å². The van der Waals surface area contributed by atoms with E-state index in [2.05, 4.69) is 10.3 Å². The first-order chi connectivity index (χ1) is 13.5. The summed E-state index contributed by atoms with van der Waals surface area (Å²) < 4.78 is 19.0. The highest BCUT2D eigenvalue weighted by Crippen LogP contribution is 2.31. The molecule has 0 aliphatic carbocycles. The van der Waals surface area contributed by atoms with Gasteiger partial charge < -0.3 is 10.1 Å². The van der Waals surface area contributed by atoms with Crippen LogP contribution in [0.1, 0.15) is 36.1 Å². The monoisotopic (exact) mass is 420 g/mol. The minimum Gasteiger partial charge on any atom is -0.497 e. The standard InChI is InChI=1S/C19H16ClFN2O2S.C2H6/c1-3-18-23-17(10-26-18)13-6-4-11(8-15(13)20)22-19(24)14-7-5-12(25-2)9-16(14)21;1-2/h4-10H,3H2,1-2H3,(H,22,24);1-2H3. The maximum absolute atomic E-state index is 14.0. The lowest BCUT2D eigenvalue weighted by Crippen LogP contribution is -2.13. The van der Waals surface area contributed by atoms with Crippen molar-refractivity contribution >= 4 is 34.5 Å². The van der Waals surface area contributed by atoms with Gasteiger partial charge in [-0.3, -0.25) is 4.79 Å². The Hall–Kier alpha value is -2.44. The van der Waals surface area contributed by atoms with Crippen LogP contribution in [0.25, 0.3) is 11.3 Å². The van der Waals surface area contributed by atoms with Crippen molar-refractivity contribution in [1.29, 1.82) is 0 Å². The molecule has 0 radical (unpaired) electrons. The molecule has 3 aromatic rings. The Balaban J connectivity index is 0.00000136. The first kappa shape index (κ1) is 21.9. The summed E-state index contributed by atoms with van der Waals surface area (Å²) in [6.07, 6.45) is 0.865. The van der Waals surface area contributed by atoms with E-state index in [-0.39, 0.29) is 5.56 Å². The maximum atomic E-state index is 14.0. The number of halogens is 2. The Morgan fingerprint density at radius 1 is 1.25 bits per heavy atom. The van der Waals surface area contributed by atoms with Crippen LogP contribution in [0.2, 0.25) is 5.02 Å². The second kappa shape index (κ2) is 10.2. The van der Waals surface area contributed by atoms with Gasteiger partial charge in [0, 0.05) is 22.7 Å². The molecule has 3 rings (SSSR count). The Morgan fingerprint density at radius 2 is 2.00 bits per heavy atom. The number of methoxy groups -OCH3 is 1. The van der Waals surface area contributed by atoms with E-state index in [1.54, 1.807) is 29.5 Å². The molecule has 1 amide bonds. The molecule has 0 bridgehead atoms. The zero-order chi connectivity index (χ0) is 20.7. The SMILES string of the molecule is CC.CCc1nc(-c2ccc(NC(=O)c3ccc(OC)cc3F)cc2Cl)cs1. The number of aryl methyl sites for hydroxylation is 1. The zero-order valence-electron chi connectivity index (χ0n) is 16.2. The summed E-state index contributed by atoms with van der Waals surface area (Å²) in [7, 11) is 1.43. The number of carbonyl (C=O) groups excluding carboxylic acids is 1. The van der Waals surface area contributed by atoms with E-state index in [4.69, 9.17) is 16.3 Å². The topological polar surface area (TPSA) is 51.2 Å². The molecule has 0 aliphatic rings. The molecule has 2 aromatic carbocycles. The van der Waals surface area contributed by atoms with Gasteiger partial charge in [-0.1, -0.05) is 32.4 Å². The fourth-order valence-corrected chi connectivity index (χ4v) is 3.43. The molecule has 0 aliphatic heterocycles. The van der Waals surface area contributed by atoms with Crippen LogP contribution in [0.15, 0.2) is 41.8 Å². The lowest BCUT2D eigenvalue weighted by molar-refractivity contribution is 0.102. The van der Waals surface area contributed by atoms with Gasteiger partial charge in [-0.05, 0) is 36.8 Å².